The minimum atomic E-state index is -2.94. The molecule has 0 heterocycles. The standard InChI is InChI=1S/C15H20F5NO5Si/c1-8(2)26-27(23-3,24-4)7-5-6-21-15(22)25-14-12(19)10(17)9(16)11(18)13(14)20/h8H,5-7H2,1-4H3,(H,21,22). The summed E-state index contributed by atoms with van der Waals surface area (Å²) >= 11 is 0. The van der Waals surface area contributed by atoms with Gasteiger partial charge >= 0.3 is 14.9 Å². The quantitative estimate of drug-likeness (QED) is 0.219. The molecule has 0 aliphatic rings. The number of carbonyl (C=O) groups excluding carboxylic acids is 1. The summed E-state index contributed by atoms with van der Waals surface area (Å²) in [6.07, 6.45) is -1.26. The van der Waals surface area contributed by atoms with Gasteiger partial charge in [0.15, 0.2) is 0 Å². The number of hydrogen-bond donors (Lipinski definition) is 1. The van der Waals surface area contributed by atoms with Crippen LogP contribution in [0.2, 0.25) is 6.04 Å². The van der Waals surface area contributed by atoms with E-state index in [1.165, 1.54) is 14.2 Å². The Balaban J connectivity index is 2.65. The van der Waals surface area contributed by atoms with Crippen molar-refractivity contribution in [3.05, 3.63) is 29.1 Å². The third kappa shape index (κ3) is 5.86. The Morgan fingerprint density at radius 3 is 1.89 bits per heavy atom. The lowest BCUT2D eigenvalue weighted by atomic mass is 10.2. The molecular formula is C15H20F5NO5Si. The predicted octanol–water partition coefficient (Wildman–Crippen LogP) is 3.52. The fourth-order valence-corrected chi connectivity index (χ4v) is 4.31. The molecule has 0 atom stereocenters. The fraction of sp³-hybridized carbons (Fsp3) is 0.533. The van der Waals surface area contributed by atoms with Gasteiger partial charge in [0.2, 0.25) is 34.8 Å². The first-order chi connectivity index (χ1) is 12.6. The molecular weight excluding hydrogens is 397 g/mol. The highest BCUT2D eigenvalue weighted by Crippen LogP contribution is 2.29. The van der Waals surface area contributed by atoms with Gasteiger partial charge in [0.25, 0.3) is 0 Å². The largest absolute Gasteiger partial charge is 0.500 e. The van der Waals surface area contributed by atoms with Crippen LogP contribution in [0, 0.1) is 29.1 Å². The summed E-state index contributed by atoms with van der Waals surface area (Å²) in [6.45, 7) is 3.54. The van der Waals surface area contributed by atoms with Crippen molar-refractivity contribution in [2.24, 2.45) is 0 Å². The molecule has 1 rings (SSSR count). The highest BCUT2D eigenvalue weighted by molar-refractivity contribution is 6.60. The molecule has 154 valence electrons. The van der Waals surface area contributed by atoms with E-state index < -0.39 is 49.7 Å². The molecule has 1 amide bonds. The molecule has 12 heteroatoms. The third-order valence-electron chi connectivity index (χ3n) is 3.33. The van der Waals surface area contributed by atoms with Gasteiger partial charge in [0.1, 0.15) is 0 Å². The van der Waals surface area contributed by atoms with Crippen LogP contribution in [0.3, 0.4) is 0 Å². The number of nitrogens with one attached hydrogen (secondary N) is 1. The topological polar surface area (TPSA) is 66.0 Å². The van der Waals surface area contributed by atoms with Gasteiger partial charge in [-0.2, -0.15) is 8.78 Å². The van der Waals surface area contributed by atoms with E-state index in [0.29, 0.717) is 6.04 Å². The number of rotatable bonds is 9. The van der Waals surface area contributed by atoms with Crippen molar-refractivity contribution in [3.8, 4) is 5.75 Å². The van der Waals surface area contributed by atoms with E-state index in [9.17, 15) is 26.7 Å². The Kier molecular flexibility index (Phi) is 8.59. The monoisotopic (exact) mass is 417 g/mol. The van der Waals surface area contributed by atoms with Crippen molar-refractivity contribution in [2.75, 3.05) is 20.8 Å². The highest BCUT2D eigenvalue weighted by Gasteiger charge is 2.39. The molecule has 0 fully saturated rings. The van der Waals surface area contributed by atoms with Crippen LogP contribution in [0.15, 0.2) is 0 Å². The summed E-state index contributed by atoms with van der Waals surface area (Å²) in [6, 6.07) is 0.307. The lowest BCUT2D eigenvalue weighted by Gasteiger charge is -2.28. The molecule has 1 aromatic rings. The van der Waals surface area contributed by atoms with Crippen molar-refractivity contribution in [3.63, 3.8) is 0 Å². The molecule has 6 nitrogen and oxygen atoms in total. The maximum atomic E-state index is 13.5. The Labute approximate surface area is 153 Å². The summed E-state index contributed by atoms with van der Waals surface area (Å²) in [4.78, 5) is 11.6. The van der Waals surface area contributed by atoms with Gasteiger partial charge in [0.05, 0.1) is 0 Å². The number of ether oxygens (including phenoxy) is 1. The van der Waals surface area contributed by atoms with E-state index in [-0.39, 0.29) is 19.1 Å². The molecule has 0 bridgehead atoms. The van der Waals surface area contributed by atoms with E-state index in [0.717, 1.165) is 0 Å². The maximum absolute atomic E-state index is 13.5. The zero-order chi connectivity index (χ0) is 20.8. The number of amides is 1. The fourth-order valence-electron chi connectivity index (χ4n) is 2.10. The molecule has 0 radical (unpaired) electrons. The number of benzene rings is 1. The van der Waals surface area contributed by atoms with Crippen LogP contribution in [0.25, 0.3) is 0 Å². The Morgan fingerprint density at radius 1 is 0.963 bits per heavy atom. The van der Waals surface area contributed by atoms with Crippen LogP contribution in [0.5, 0.6) is 5.75 Å². The Bertz CT molecular complexity index is 643. The molecule has 0 unspecified atom stereocenters. The second-order valence-corrected chi connectivity index (χ2v) is 8.49. The lowest BCUT2D eigenvalue weighted by molar-refractivity contribution is 0.0694. The molecule has 0 saturated heterocycles. The van der Waals surface area contributed by atoms with Crippen LogP contribution in [-0.2, 0) is 13.3 Å². The maximum Gasteiger partial charge on any atom is 0.500 e. The molecule has 0 spiro atoms. The van der Waals surface area contributed by atoms with Gasteiger partial charge in [-0.25, -0.2) is 18.0 Å². The SMILES string of the molecule is CO[Si](CCCNC(=O)Oc1c(F)c(F)c(F)c(F)c1F)(OC)OC(C)C. The normalized spacial score (nSPS) is 11.8. The Hall–Kier alpha value is -1.76. The van der Waals surface area contributed by atoms with Crippen LogP contribution >= 0.6 is 0 Å². The highest BCUT2D eigenvalue weighted by atomic mass is 28.4. The summed E-state index contributed by atoms with van der Waals surface area (Å²) < 4.78 is 86.4. The predicted molar refractivity (Wildman–Crippen MR) is 85.7 cm³/mol. The summed E-state index contributed by atoms with van der Waals surface area (Å²) in [5, 5.41) is 2.14. The van der Waals surface area contributed by atoms with Gasteiger partial charge < -0.3 is 23.3 Å². The first kappa shape index (κ1) is 23.3. The second kappa shape index (κ2) is 9.97. The number of halogens is 5. The second-order valence-electron chi connectivity index (χ2n) is 5.58. The van der Waals surface area contributed by atoms with Crippen LogP contribution in [-0.4, -0.2) is 41.8 Å². The van der Waals surface area contributed by atoms with Crippen molar-refractivity contribution in [2.45, 2.75) is 32.4 Å². The van der Waals surface area contributed by atoms with Crippen LogP contribution < -0.4 is 10.1 Å². The molecule has 0 aliphatic heterocycles. The van der Waals surface area contributed by atoms with Crippen molar-refractivity contribution in [1.29, 1.82) is 0 Å². The number of hydrogen-bond acceptors (Lipinski definition) is 5. The summed E-state index contributed by atoms with van der Waals surface area (Å²) in [7, 11) is -0.105. The van der Waals surface area contributed by atoms with E-state index >= 15 is 0 Å². The minimum Gasteiger partial charge on any atom is -0.404 e. The van der Waals surface area contributed by atoms with Crippen LogP contribution in [0.4, 0.5) is 26.7 Å². The van der Waals surface area contributed by atoms with Crippen molar-refractivity contribution >= 4 is 14.9 Å². The Morgan fingerprint density at radius 2 is 1.44 bits per heavy atom. The van der Waals surface area contributed by atoms with Gasteiger partial charge in [-0.3, -0.25) is 0 Å². The molecule has 0 aromatic heterocycles. The van der Waals surface area contributed by atoms with Gasteiger partial charge in [-0.05, 0) is 20.3 Å². The zero-order valence-electron chi connectivity index (χ0n) is 15.1. The van der Waals surface area contributed by atoms with E-state index in [1.807, 2.05) is 0 Å². The minimum absolute atomic E-state index is 0.0445. The van der Waals surface area contributed by atoms with Gasteiger partial charge in [-0.1, -0.05) is 0 Å². The third-order valence-corrected chi connectivity index (χ3v) is 6.37. The summed E-state index contributed by atoms with van der Waals surface area (Å²) in [5.41, 5.74) is 0. The molecule has 1 aromatic carbocycles. The molecule has 0 aliphatic carbocycles. The van der Waals surface area contributed by atoms with E-state index in [2.05, 4.69) is 10.1 Å². The van der Waals surface area contributed by atoms with Crippen LogP contribution in [0.1, 0.15) is 20.3 Å². The summed E-state index contributed by atoms with van der Waals surface area (Å²) in [5.74, 6) is -12.9. The molecule has 27 heavy (non-hydrogen) atoms. The number of carbonyl (C=O) groups is 1. The van der Waals surface area contributed by atoms with Crippen molar-refractivity contribution < 1.29 is 44.8 Å². The van der Waals surface area contributed by atoms with Gasteiger partial charge in [-0.15, -0.1) is 0 Å². The van der Waals surface area contributed by atoms with E-state index in [1.54, 1.807) is 13.8 Å². The first-order valence-electron chi connectivity index (χ1n) is 7.83. The first-order valence-corrected chi connectivity index (χ1v) is 9.77. The molecule has 0 saturated carbocycles. The average molecular weight is 417 g/mol. The molecule has 1 N–H and O–H groups in total. The van der Waals surface area contributed by atoms with Gasteiger partial charge in [0, 0.05) is 32.9 Å². The average Bonchev–Trinajstić information content (AvgIpc) is 2.64. The zero-order valence-corrected chi connectivity index (χ0v) is 16.1. The smallest absolute Gasteiger partial charge is 0.404 e. The van der Waals surface area contributed by atoms with E-state index in [4.69, 9.17) is 13.3 Å². The van der Waals surface area contributed by atoms with Crippen molar-refractivity contribution in [1.82, 2.24) is 5.32 Å². The lowest BCUT2D eigenvalue weighted by Crippen LogP contribution is -2.46.